The highest BCUT2D eigenvalue weighted by molar-refractivity contribution is 5.85. The Labute approximate surface area is 170 Å². The molecule has 1 saturated carbocycles. The van der Waals surface area contributed by atoms with E-state index in [1.807, 2.05) is 0 Å². The van der Waals surface area contributed by atoms with E-state index >= 15 is 0 Å². The van der Waals surface area contributed by atoms with Gasteiger partial charge in [-0.05, 0) is 76.3 Å². The van der Waals surface area contributed by atoms with Crippen LogP contribution in [-0.4, -0.2) is 61.5 Å². The third-order valence-corrected chi connectivity index (χ3v) is 6.29. The van der Waals surface area contributed by atoms with Gasteiger partial charge in [0.1, 0.15) is 0 Å². The molecule has 2 saturated heterocycles. The lowest BCUT2D eigenvalue weighted by Gasteiger charge is -2.33. The van der Waals surface area contributed by atoms with Crippen LogP contribution in [0.3, 0.4) is 0 Å². The first-order chi connectivity index (χ1) is 12.6. The molecule has 0 radical (unpaired) electrons. The number of hydrogen-bond acceptors (Lipinski definition) is 4. The summed E-state index contributed by atoms with van der Waals surface area (Å²) in [4.78, 5) is 26.8. The highest BCUT2D eigenvalue weighted by Gasteiger charge is 2.26. The second kappa shape index (κ2) is 11.2. The molecule has 6 nitrogen and oxygen atoms in total. The summed E-state index contributed by atoms with van der Waals surface area (Å²) in [5.74, 6) is 1.58. The van der Waals surface area contributed by atoms with E-state index in [0.29, 0.717) is 18.5 Å². The van der Waals surface area contributed by atoms with Gasteiger partial charge in [0.15, 0.2) is 0 Å². The number of rotatable bonds is 6. The predicted molar refractivity (Wildman–Crippen MR) is 110 cm³/mol. The van der Waals surface area contributed by atoms with Crippen molar-refractivity contribution in [2.75, 3.05) is 32.7 Å². The van der Waals surface area contributed by atoms with Crippen molar-refractivity contribution in [3.05, 3.63) is 0 Å². The molecule has 3 fully saturated rings. The smallest absolute Gasteiger partial charge is 0.237 e. The minimum Gasteiger partial charge on any atom is -0.354 e. The lowest BCUT2D eigenvalue weighted by atomic mass is 9.87. The largest absolute Gasteiger partial charge is 0.354 e. The monoisotopic (exact) mass is 400 g/mol. The number of likely N-dealkylation sites (tertiary alicyclic amines) is 1. The topological polar surface area (TPSA) is 73.5 Å². The van der Waals surface area contributed by atoms with E-state index in [9.17, 15) is 9.59 Å². The molecule has 0 bridgehead atoms. The molecule has 7 heteroatoms. The molecule has 1 aliphatic carbocycles. The van der Waals surface area contributed by atoms with Crippen molar-refractivity contribution in [3.63, 3.8) is 0 Å². The van der Waals surface area contributed by atoms with Crippen LogP contribution in [0.1, 0.15) is 58.3 Å². The molecule has 156 valence electrons. The maximum atomic E-state index is 12.4. The fourth-order valence-corrected chi connectivity index (χ4v) is 4.62. The summed E-state index contributed by atoms with van der Waals surface area (Å²) in [6.07, 6.45) is 8.98. The van der Waals surface area contributed by atoms with Crippen LogP contribution in [0.4, 0.5) is 0 Å². The first-order valence-corrected chi connectivity index (χ1v) is 10.6. The Morgan fingerprint density at radius 2 is 1.85 bits per heavy atom. The van der Waals surface area contributed by atoms with E-state index in [4.69, 9.17) is 0 Å². The summed E-state index contributed by atoms with van der Waals surface area (Å²) in [5, 5.41) is 9.58. The van der Waals surface area contributed by atoms with Crippen LogP contribution in [0.25, 0.3) is 0 Å². The molecule has 2 unspecified atom stereocenters. The second-order valence-electron chi connectivity index (χ2n) is 8.66. The lowest BCUT2D eigenvalue weighted by Crippen LogP contribution is -2.48. The van der Waals surface area contributed by atoms with Crippen molar-refractivity contribution in [1.82, 2.24) is 20.9 Å². The van der Waals surface area contributed by atoms with Gasteiger partial charge in [-0.1, -0.05) is 6.92 Å². The summed E-state index contributed by atoms with van der Waals surface area (Å²) >= 11 is 0. The van der Waals surface area contributed by atoms with Crippen LogP contribution in [0.15, 0.2) is 0 Å². The normalized spacial score (nSPS) is 31.7. The van der Waals surface area contributed by atoms with E-state index in [-0.39, 0.29) is 30.3 Å². The molecule has 0 aromatic heterocycles. The van der Waals surface area contributed by atoms with Gasteiger partial charge in [0, 0.05) is 19.1 Å². The van der Waals surface area contributed by atoms with Gasteiger partial charge in [-0.2, -0.15) is 0 Å². The second-order valence-corrected chi connectivity index (χ2v) is 8.66. The van der Waals surface area contributed by atoms with E-state index in [2.05, 4.69) is 27.8 Å². The number of carbonyl (C=O) groups is 2. The molecule has 3 N–H and O–H groups in total. The molecular weight excluding hydrogens is 364 g/mol. The third kappa shape index (κ3) is 7.24. The molecule has 0 aromatic carbocycles. The fourth-order valence-electron chi connectivity index (χ4n) is 4.62. The molecule has 3 aliphatic rings. The molecule has 0 aromatic rings. The van der Waals surface area contributed by atoms with Crippen molar-refractivity contribution < 1.29 is 9.59 Å². The average molecular weight is 401 g/mol. The molecule has 2 heterocycles. The van der Waals surface area contributed by atoms with E-state index in [0.717, 1.165) is 70.6 Å². The molecule has 2 aliphatic heterocycles. The van der Waals surface area contributed by atoms with E-state index in [1.54, 1.807) is 0 Å². The van der Waals surface area contributed by atoms with E-state index in [1.165, 1.54) is 12.8 Å². The average Bonchev–Trinajstić information content (AvgIpc) is 3.17. The van der Waals surface area contributed by atoms with Gasteiger partial charge in [0.2, 0.25) is 11.8 Å². The van der Waals surface area contributed by atoms with Crippen molar-refractivity contribution >= 4 is 24.2 Å². The quantitative estimate of drug-likeness (QED) is 0.634. The van der Waals surface area contributed by atoms with Crippen LogP contribution < -0.4 is 16.0 Å². The van der Waals surface area contributed by atoms with Gasteiger partial charge in [0.25, 0.3) is 0 Å². The fraction of sp³-hybridized carbons (Fsp3) is 0.900. The van der Waals surface area contributed by atoms with Gasteiger partial charge in [-0.3, -0.25) is 14.5 Å². The van der Waals surface area contributed by atoms with Crippen molar-refractivity contribution in [1.29, 1.82) is 0 Å². The number of carbonyl (C=O) groups excluding carboxylic acids is 2. The first-order valence-electron chi connectivity index (χ1n) is 10.6. The van der Waals surface area contributed by atoms with Crippen LogP contribution in [0.5, 0.6) is 0 Å². The minimum absolute atomic E-state index is 0. The van der Waals surface area contributed by atoms with Crippen molar-refractivity contribution in [2.24, 2.45) is 11.8 Å². The minimum atomic E-state index is -0.00122. The summed E-state index contributed by atoms with van der Waals surface area (Å²) in [5.41, 5.74) is 0. The summed E-state index contributed by atoms with van der Waals surface area (Å²) in [6.45, 7) is 6.38. The third-order valence-electron chi connectivity index (χ3n) is 6.29. The SMILES string of the molecule is CC1CCC(NC(=O)CN2CCCC(CNC(=O)C3CCCN3)C2)CC1.Cl. The van der Waals surface area contributed by atoms with Crippen LogP contribution >= 0.6 is 12.4 Å². The van der Waals surface area contributed by atoms with Crippen LogP contribution in [0.2, 0.25) is 0 Å². The standard InChI is InChI=1S/C20H36N4O2.ClH/c1-15-6-8-17(9-7-15)23-19(25)14-24-11-3-4-16(13-24)12-22-20(26)18-5-2-10-21-18;/h15-18,21H,2-14H2,1H3,(H,22,26)(H,23,25);1H. The molecule has 3 rings (SSSR count). The lowest BCUT2D eigenvalue weighted by molar-refractivity contribution is -0.124. The summed E-state index contributed by atoms with van der Waals surface area (Å²) in [7, 11) is 0. The van der Waals surface area contributed by atoms with Crippen LogP contribution in [-0.2, 0) is 9.59 Å². The Bertz CT molecular complexity index is 477. The number of piperidine rings is 1. The maximum absolute atomic E-state index is 12.4. The number of nitrogens with one attached hydrogen (secondary N) is 3. The molecule has 0 spiro atoms. The molecule has 27 heavy (non-hydrogen) atoms. The van der Waals surface area contributed by atoms with Gasteiger partial charge in [-0.15, -0.1) is 12.4 Å². The predicted octanol–water partition coefficient (Wildman–Crippen LogP) is 1.68. The van der Waals surface area contributed by atoms with Gasteiger partial charge < -0.3 is 16.0 Å². The number of halogens is 1. The number of nitrogens with zero attached hydrogens (tertiary/aromatic N) is 1. The Hall–Kier alpha value is -0.850. The maximum Gasteiger partial charge on any atom is 0.237 e. The van der Waals surface area contributed by atoms with Gasteiger partial charge in [0.05, 0.1) is 12.6 Å². The highest BCUT2D eigenvalue weighted by Crippen LogP contribution is 2.23. The summed E-state index contributed by atoms with van der Waals surface area (Å²) < 4.78 is 0. The Balaban J connectivity index is 0.00000261. The van der Waals surface area contributed by atoms with Gasteiger partial charge in [-0.25, -0.2) is 0 Å². The zero-order chi connectivity index (χ0) is 18.4. The number of amides is 2. The van der Waals surface area contributed by atoms with Crippen molar-refractivity contribution in [3.8, 4) is 0 Å². The van der Waals surface area contributed by atoms with Crippen LogP contribution in [0, 0.1) is 11.8 Å². The van der Waals surface area contributed by atoms with Crippen molar-refractivity contribution in [2.45, 2.75) is 70.4 Å². The first kappa shape index (κ1) is 22.4. The Kier molecular flexibility index (Phi) is 9.33. The highest BCUT2D eigenvalue weighted by atomic mass is 35.5. The molecule has 2 amide bonds. The zero-order valence-corrected chi connectivity index (χ0v) is 17.5. The Morgan fingerprint density at radius 1 is 1.07 bits per heavy atom. The van der Waals surface area contributed by atoms with Gasteiger partial charge >= 0.3 is 0 Å². The molecular formula is C20H37ClN4O2. The Morgan fingerprint density at radius 3 is 2.56 bits per heavy atom. The zero-order valence-electron chi connectivity index (χ0n) is 16.7. The number of hydrogen-bond donors (Lipinski definition) is 3. The molecule has 2 atom stereocenters. The summed E-state index contributed by atoms with van der Waals surface area (Å²) in [6, 6.07) is 0.371. The van der Waals surface area contributed by atoms with E-state index < -0.39 is 0 Å².